The van der Waals surface area contributed by atoms with Crippen molar-refractivity contribution in [1.29, 1.82) is 0 Å². The van der Waals surface area contributed by atoms with Crippen LogP contribution in [0.25, 0.3) is 31.7 Å². The summed E-state index contributed by atoms with van der Waals surface area (Å²) in [5, 5.41) is 1.34. The van der Waals surface area contributed by atoms with Gasteiger partial charge in [0.05, 0.1) is 22.9 Å². The summed E-state index contributed by atoms with van der Waals surface area (Å²) in [6.07, 6.45) is 1.73. The molecule has 108 valence electrons. The number of pyridine rings is 1. The van der Waals surface area contributed by atoms with Gasteiger partial charge in [0.25, 0.3) is 0 Å². The smallest absolute Gasteiger partial charge is 0.199 e. The molecule has 0 aliphatic carbocycles. The van der Waals surface area contributed by atoms with E-state index in [9.17, 15) is 4.79 Å². The van der Waals surface area contributed by atoms with Gasteiger partial charge in [0.1, 0.15) is 10.8 Å². The number of thiazole rings is 1. The number of benzene rings is 2. The molecule has 2 heterocycles. The Morgan fingerprint density at radius 1 is 1.18 bits per heavy atom. The van der Waals surface area contributed by atoms with Crippen LogP contribution in [-0.2, 0) is 0 Å². The zero-order chi connectivity index (χ0) is 15.1. The van der Waals surface area contributed by atoms with Gasteiger partial charge in [-0.1, -0.05) is 12.1 Å². The molecule has 0 aliphatic heterocycles. The molecule has 4 rings (SSSR count). The molecule has 0 aliphatic rings. The Morgan fingerprint density at radius 3 is 2.86 bits per heavy atom. The highest BCUT2D eigenvalue weighted by Gasteiger charge is 2.12. The molecular weight excluding hydrogens is 296 g/mol. The topological polar surface area (TPSA) is 55.0 Å². The predicted octanol–water partition coefficient (Wildman–Crippen LogP) is 3.81. The Bertz CT molecular complexity index is 1020. The third-order valence-electron chi connectivity index (χ3n) is 3.61. The minimum atomic E-state index is -0.0355. The maximum absolute atomic E-state index is 12.8. The number of fused-ring (bicyclic) bond motifs is 2. The van der Waals surface area contributed by atoms with E-state index in [0.717, 1.165) is 20.7 Å². The van der Waals surface area contributed by atoms with Crippen LogP contribution < -0.4 is 10.2 Å². The highest BCUT2D eigenvalue weighted by atomic mass is 32.1. The zero-order valence-electron chi connectivity index (χ0n) is 11.8. The lowest BCUT2D eigenvalue weighted by atomic mass is 10.1. The van der Waals surface area contributed by atoms with Crippen molar-refractivity contribution in [2.24, 2.45) is 0 Å². The van der Waals surface area contributed by atoms with Crippen LogP contribution in [0.2, 0.25) is 0 Å². The number of H-pyrrole nitrogens is 1. The van der Waals surface area contributed by atoms with Crippen LogP contribution in [0.5, 0.6) is 5.75 Å². The highest BCUT2D eigenvalue weighted by molar-refractivity contribution is 7.21. The Hall–Kier alpha value is -2.66. The van der Waals surface area contributed by atoms with E-state index in [2.05, 4.69) is 9.97 Å². The molecular formula is C17H12N2O2S. The van der Waals surface area contributed by atoms with Gasteiger partial charge in [-0.3, -0.25) is 4.79 Å². The summed E-state index contributed by atoms with van der Waals surface area (Å²) in [4.78, 5) is 20.5. The lowest BCUT2D eigenvalue weighted by Gasteiger charge is -2.03. The fourth-order valence-corrected chi connectivity index (χ4v) is 3.45. The van der Waals surface area contributed by atoms with E-state index in [1.54, 1.807) is 19.4 Å². The molecule has 22 heavy (non-hydrogen) atoms. The molecule has 0 amide bonds. The Kier molecular flexibility index (Phi) is 2.94. The number of rotatable bonds is 2. The average molecular weight is 308 g/mol. The number of hydrogen-bond donors (Lipinski definition) is 1. The van der Waals surface area contributed by atoms with Crippen LogP contribution in [0, 0.1) is 0 Å². The molecule has 0 spiro atoms. The van der Waals surface area contributed by atoms with Crippen molar-refractivity contribution in [1.82, 2.24) is 9.97 Å². The second-order valence-corrected chi connectivity index (χ2v) is 5.96. The maximum Gasteiger partial charge on any atom is 0.199 e. The normalized spacial score (nSPS) is 11.1. The number of aromatic amines is 1. The van der Waals surface area contributed by atoms with Crippen LogP contribution in [0.1, 0.15) is 0 Å². The first-order chi connectivity index (χ1) is 10.8. The van der Waals surface area contributed by atoms with Gasteiger partial charge < -0.3 is 9.72 Å². The summed E-state index contributed by atoms with van der Waals surface area (Å²) in [6, 6.07) is 13.3. The molecule has 4 nitrogen and oxygen atoms in total. The van der Waals surface area contributed by atoms with Crippen molar-refractivity contribution in [3.05, 3.63) is 58.9 Å². The molecule has 0 saturated heterocycles. The number of ether oxygens (including phenoxy) is 1. The second kappa shape index (κ2) is 4.96. The van der Waals surface area contributed by atoms with Crippen LogP contribution in [0.4, 0.5) is 0 Å². The number of nitrogens with zero attached hydrogens (tertiary/aromatic N) is 1. The molecule has 2 aromatic carbocycles. The number of para-hydroxylation sites is 1. The lowest BCUT2D eigenvalue weighted by molar-refractivity contribution is 0.415. The van der Waals surface area contributed by atoms with Crippen molar-refractivity contribution < 1.29 is 4.74 Å². The minimum absolute atomic E-state index is 0.0355. The van der Waals surface area contributed by atoms with E-state index < -0.39 is 0 Å². The first kappa shape index (κ1) is 13.0. The summed E-state index contributed by atoms with van der Waals surface area (Å²) in [6.45, 7) is 0. The van der Waals surface area contributed by atoms with Gasteiger partial charge >= 0.3 is 0 Å². The Labute approximate surface area is 130 Å². The molecule has 0 radical (unpaired) electrons. The molecule has 2 aromatic heterocycles. The quantitative estimate of drug-likeness (QED) is 0.612. The Balaban J connectivity index is 1.98. The van der Waals surface area contributed by atoms with Crippen LogP contribution >= 0.6 is 11.3 Å². The molecule has 4 aromatic rings. The Morgan fingerprint density at radius 2 is 2.05 bits per heavy atom. The molecule has 5 heteroatoms. The van der Waals surface area contributed by atoms with Crippen LogP contribution in [0.15, 0.2) is 53.5 Å². The van der Waals surface area contributed by atoms with E-state index in [1.807, 2.05) is 36.4 Å². The molecule has 0 unspecified atom stereocenters. The first-order valence-electron chi connectivity index (χ1n) is 6.81. The summed E-state index contributed by atoms with van der Waals surface area (Å²) >= 11 is 1.52. The molecule has 0 fully saturated rings. The number of methoxy groups -OCH3 is 1. The summed E-state index contributed by atoms with van der Waals surface area (Å²) in [7, 11) is 1.59. The molecule has 0 bridgehead atoms. The number of aromatic nitrogens is 2. The average Bonchev–Trinajstić information content (AvgIpc) is 2.98. The van der Waals surface area contributed by atoms with Crippen molar-refractivity contribution >= 4 is 32.5 Å². The van der Waals surface area contributed by atoms with Gasteiger partial charge in [-0.15, -0.1) is 11.3 Å². The van der Waals surface area contributed by atoms with E-state index in [0.29, 0.717) is 16.7 Å². The minimum Gasteiger partial charge on any atom is -0.497 e. The molecule has 0 atom stereocenters. The standard InChI is InChI=1S/C17H12N2O2S/c1-21-10-6-7-13-11(8-10)16(20)12(9-18-13)17-19-14-4-2-3-5-15(14)22-17/h2-9H,1H3,(H,18,20). The third-order valence-corrected chi connectivity index (χ3v) is 4.68. The van der Waals surface area contributed by atoms with Crippen molar-refractivity contribution in [2.45, 2.75) is 0 Å². The van der Waals surface area contributed by atoms with Crippen molar-refractivity contribution in [3.8, 4) is 16.3 Å². The zero-order valence-corrected chi connectivity index (χ0v) is 12.6. The van der Waals surface area contributed by atoms with E-state index in [1.165, 1.54) is 11.3 Å². The van der Waals surface area contributed by atoms with Gasteiger partial charge in [0.15, 0.2) is 5.43 Å². The summed E-state index contributed by atoms with van der Waals surface area (Å²) in [5.74, 6) is 0.666. The fourth-order valence-electron chi connectivity index (χ4n) is 2.47. The van der Waals surface area contributed by atoms with Crippen LogP contribution in [0.3, 0.4) is 0 Å². The van der Waals surface area contributed by atoms with Gasteiger partial charge in [0, 0.05) is 17.1 Å². The number of hydrogen-bond acceptors (Lipinski definition) is 4. The SMILES string of the molecule is COc1ccc2[nH]cc(-c3nc4ccccc4s3)c(=O)c2c1. The van der Waals surface area contributed by atoms with Gasteiger partial charge in [-0.2, -0.15) is 0 Å². The predicted molar refractivity (Wildman–Crippen MR) is 89.7 cm³/mol. The third kappa shape index (κ3) is 1.98. The van der Waals surface area contributed by atoms with Crippen molar-refractivity contribution in [3.63, 3.8) is 0 Å². The molecule has 0 saturated carbocycles. The second-order valence-electron chi connectivity index (χ2n) is 4.93. The lowest BCUT2D eigenvalue weighted by Crippen LogP contribution is -2.06. The maximum atomic E-state index is 12.8. The van der Waals surface area contributed by atoms with Crippen LogP contribution in [-0.4, -0.2) is 17.1 Å². The van der Waals surface area contributed by atoms with E-state index >= 15 is 0 Å². The van der Waals surface area contributed by atoms with Gasteiger partial charge in [-0.05, 0) is 30.3 Å². The fraction of sp³-hybridized carbons (Fsp3) is 0.0588. The highest BCUT2D eigenvalue weighted by Crippen LogP contribution is 2.29. The van der Waals surface area contributed by atoms with E-state index in [-0.39, 0.29) is 5.43 Å². The first-order valence-corrected chi connectivity index (χ1v) is 7.63. The van der Waals surface area contributed by atoms with E-state index in [4.69, 9.17) is 4.74 Å². The molecule has 1 N–H and O–H groups in total. The van der Waals surface area contributed by atoms with Gasteiger partial charge in [0.2, 0.25) is 0 Å². The van der Waals surface area contributed by atoms with Crippen molar-refractivity contribution in [2.75, 3.05) is 7.11 Å². The van der Waals surface area contributed by atoms with Gasteiger partial charge in [-0.25, -0.2) is 4.98 Å². The number of nitrogens with one attached hydrogen (secondary N) is 1. The summed E-state index contributed by atoms with van der Waals surface area (Å²) < 4.78 is 6.28. The monoisotopic (exact) mass is 308 g/mol. The largest absolute Gasteiger partial charge is 0.497 e. The summed E-state index contributed by atoms with van der Waals surface area (Å²) in [5.41, 5.74) is 2.25.